The van der Waals surface area contributed by atoms with Crippen molar-refractivity contribution in [1.29, 1.82) is 0 Å². The van der Waals surface area contributed by atoms with E-state index in [0.717, 1.165) is 5.56 Å². The van der Waals surface area contributed by atoms with E-state index < -0.39 is 4.92 Å². The Morgan fingerprint density at radius 2 is 2.08 bits per heavy atom. The quantitative estimate of drug-likeness (QED) is 0.549. The highest BCUT2D eigenvalue weighted by Crippen LogP contribution is 2.24. The highest BCUT2D eigenvalue weighted by molar-refractivity contribution is 6.30. The maximum absolute atomic E-state index is 12.5. The maximum atomic E-state index is 12.5. The molecule has 0 spiro atoms. The summed E-state index contributed by atoms with van der Waals surface area (Å²) in [5.74, 6) is -0.311. The number of nitrogens with zero attached hydrogens (tertiary/aromatic N) is 1. The Labute approximate surface area is 142 Å². The van der Waals surface area contributed by atoms with Crippen LogP contribution >= 0.6 is 11.6 Å². The van der Waals surface area contributed by atoms with Crippen LogP contribution in [0.15, 0.2) is 48.7 Å². The van der Waals surface area contributed by atoms with Gasteiger partial charge in [0.15, 0.2) is 0 Å². The Bertz CT molecular complexity index is 936. The maximum Gasteiger partial charge on any atom is 0.270 e. The smallest absolute Gasteiger partial charge is 0.270 e. The Kier molecular flexibility index (Phi) is 4.22. The fourth-order valence-corrected chi connectivity index (χ4v) is 2.74. The van der Waals surface area contributed by atoms with E-state index in [1.54, 1.807) is 24.4 Å². The number of fused-ring (bicyclic) bond motifs is 1. The summed E-state index contributed by atoms with van der Waals surface area (Å²) in [6.07, 6.45) is 1.55. The number of hydrogen-bond acceptors (Lipinski definition) is 3. The van der Waals surface area contributed by atoms with E-state index in [9.17, 15) is 14.9 Å². The molecule has 1 amide bonds. The number of nitrogens with one attached hydrogen (secondary N) is 2. The van der Waals surface area contributed by atoms with Crippen molar-refractivity contribution in [3.05, 3.63) is 74.9 Å². The number of carbonyl (C=O) groups is 1. The summed E-state index contributed by atoms with van der Waals surface area (Å²) in [4.78, 5) is 25.9. The van der Waals surface area contributed by atoms with Gasteiger partial charge in [0.05, 0.1) is 16.5 Å². The Hall–Kier alpha value is -2.86. The van der Waals surface area contributed by atoms with Crippen LogP contribution < -0.4 is 5.32 Å². The number of aromatic nitrogens is 1. The second-order valence-electron chi connectivity index (χ2n) is 5.44. The number of hydrogen-bond donors (Lipinski definition) is 2. The molecule has 3 rings (SSSR count). The van der Waals surface area contributed by atoms with E-state index in [2.05, 4.69) is 10.3 Å². The number of aromatic amines is 1. The molecule has 0 aliphatic heterocycles. The van der Waals surface area contributed by atoms with Gasteiger partial charge in [0, 0.05) is 34.3 Å². The van der Waals surface area contributed by atoms with Gasteiger partial charge < -0.3 is 10.3 Å². The first-order valence-corrected chi connectivity index (χ1v) is 7.65. The predicted octanol–water partition coefficient (Wildman–Crippen LogP) is 4.22. The summed E-state index contributed by atoms with van der Waals surface area (Å²) in [6, 6.07) is 11.4. The third-order valence-corrected chi connectivity index (χ3v) is 4.05. The number of nitro groups is 1. The lowest BCUT2D eigenvalue weighted by Gasteiger charge is -2.14. The standard InChI is InChI=1S/C17H14ClN3O3/c1-10(11-3-2-4-12(18)7-11)20-17(22)15-9-19-16-6-5-13(21(23)24)8-14(15)16/h2-10,19H,1H3,(H,20,22). The Morgan fingerprint density at radius 3 is 2.79 bits per heavy atom. The highest BCUT2D eigenvalue weighted by Gasteiger charge is 2.17. The molecule has 0 aliphatic rings. The second kappa shape index (κ2) is 6.33. The summed E-state index contributed by atoms with van der Waals surface area (Å²) >= 11 is 5.97. The van der Waals surface area contributed by atoms with Crippen LogP contribution in [0.3, 0.4) is 0 Å². The third kappa shape index (κ3) is 3.09. The van der Waals surface area contributed by atoms with Crippen LogP contribution in [-0.4, -0.2) is 15.8 Å². The first-order chi connectivity index (χ1) is 11.5. The molecule has 1 aromatic heterocycles. The Morgan fingerprint density at radius 1 is 1.29 bits per heavy atom. The van der Waals surface area contributed by atoms with Crippen LogP contribution in [0.5, 0.6) is 0 Å². The number of carbonyl (C=O) groups excluding carboxylic acids is 1. The molecule has 0 saturated heterocycles. The average Bonchev–Trinajstić information content (AvgIpc) is 2.97. The fourth-order valence-electron chi connectivity index (χ4n) is 2.54. The molecule has 0 fully saturated rings. The van der Waals surface area contributed by atoms with Gasteiger partial charge in [0.25, 0.3) is 11.6 Å². The van der Waals surface area contributed by atoms with Crippen molar-refractivity contribution in [3.63, 3.8) is 0 Å². The molecule has 1 atom stereocenters. The molecule has 0 saturated carbocycles. The molecular formula is C17H14ClN3O3. The van der Waals surface area contributed by atoms with E-state index in [1.165, 1.54) is 12.1 Å². The minimum atomic E-state index is -0.483. The van der Waals surface area contributed by atoms with Crippen LogP contribution in [0.1, 0.15) is 28.9 Å². The second-order valence-corrected chi connectivity index (χ2v) is 5.88. The van der Waals surface area contributed by atoms with E-state index in [0.29, 0.717) is 21.5 Å². The molecular weight excluding hydrogens is 330 g/mol. The molecule has 7 heteroatoms. The molecule has 0 aliphatic carbocycles. The van der Waals surface area contributed by atoms with Crippen molar-refractivity contribution in [2.24, 2.45) is 0 Å². The number of halogens is 1. The van der Waals surface area contributed by atoms with Gasteiger partial charge in [-0.2, -0.15) is 0 Å². The van der Waals surface area contributed by atoms with E-state index in [4.69, 9.17) is 11.6 Å². The summed E-state index contributed by atoms with van der Waals surface area (Å²) < 4.78 is 0. The van der Waals surface area contributed by atoms with Gasteiger partial charge in [-0.15, -0.1) is 0 Å². The molecule has 0 bridgehead atoms. The topological polar surface area (TPSA) is 88.0 Å². The van der Waals surface area contributed by atoms with E-state index >= 15 is 0 Å². The lowest BCUT2D eigenvalue weighted by atomic mass is 10.1. The zero-order valence-corrected chi connectivity index (χ0v) is 13.5. The number of H-pyrrole nitrogens is 1. The number of non-ortho nitro benzene ring substituents is 1. The summed E-state index contributed by atoms with van der Waals surface area (Å²) in [5, 5.41) is 14.9. The van der Waals surface area contributed by atoms with Crippen molar-refractivity contribution in [1.82, 2.24) is 10.3 Å². The van der Waals surface area contributed by atoms with Crippen molar-refractivity contribution < 1.29 is 9.72 Å². The molecule has 122 valence electrons. The molecule has 3 aromatic rings. The van der Waals surface area contributed by atoms with Gasteiger partial charge in [0.2, 0.25) is 0 Å². The SMILES string of the molecule is CC(NC(=O)c1c[nH]c2ccc([N+](=O)[O-])cc12)c1cccc(Cl)c1. The van der Waals surface area contributed by atoms with Crippen LogP contribution in [0.2, 0.25) is 5.02 Å². The number of amides is 1. The predicted molar refractivity (Wildman–Crippen MR) is 92.3 cm³/mol. The zero-order chi connectivity index (χ0) is 17.3. The molecule has 24 heavy (non-hydrogen) atoms. The third-order valence-electron chi connectivity index (χ3n) is 3.82. The van der Waals surface area contributed by atoms with Crippen molar-refractivity contribution in [3.8, 4) is 0 Å². The number of rotatable bonds is 4. The zero-order valence-electron chi connectivity index (χ0n) is 12.7. The molecule has 1 unspecified atom stereocenters. The minimum Gasteiger partial charge on any atom is -0.360 e. The van der Waals surface area contributed by atoms with E-state index in [-0.39, 0.29) is 17.6 Å². The Balaban J connectivity index is 1.88. The number of benzene rings is 2. The highest BCUT2D eigenvalue weighted by atomic mass is 35.5. The molecule has 0 radical (unpaired) electrons. The summed E-state index contributed by atoms with van der Waals surface area (Å²) in [5.41, 5.74) is 1.85. The normalized spacial score (nSPS) is 12.1. The first kappa shape index (κ1) is 16.0. The summed E-state index contributed by atoms with van der Waals surface area (Å²) in [6.45, 7) is 1.85. The van der Waals surface area contributed by atoms with Gasteiger partial charge in [-0.3, -0.25) is 14.9 Å². The summed E-state index contributed by atoms with van der Waals surface area (Å²) in [7, 11) is 0. The van der Waals surface area contributed by atoms with Crippen LogP contribution in [0, 0.1) is 10.1 Å². The lowest BCUT2D eigenvalue weighted by Crippen LogP contribution is -2.26. The van der Waals surface area contributed by atoms with Crippen LogP contribution in [0.25, 0.3) is 10.9 Å². The van der Waals surface area contributed by atoms with Gasteiger partial charge in [-0.25, -0.2) is 0 Å². The largest absolute Gasteiger partial charge is 0.360 e. The van der Waals surface area contributed by atoms with Crippen molar-refractivity contribution in [2.45, 2.75) is 13.0 Å². The van der Waals surface area contributed by atoms with Gasteiger partial charge in [-0.05, 0) is 30.7 Å². The van der Waals surface area contributed by atoms with Crippen LogP contribution in [-0.2, 0) is 0 Å². The first-order valence-electron chi connectivity index (χ1n) is 7.27. The van der Waals surface area contributed by atoms with Crippen molar-refractivity contribution >= 4 is 34.1 Å². The average molecular weight is 344 g/mol. The van der Waals surface area contributed by atoms with E-state index in [1.807, 2.05) is 19.1 Å². The van der Waals surface area contributed by atoms with Gasteiger partial charge >= 0.3 is 0 Å². The lowest BCUT2D eigenvalue weighted by molar-refractivity contribution is -0.384. The molecule has 2 aromatic carbocycles. The van der Waals surface area contributed by atoms with Gasteiger partial charge in [0.1, 0.15) is 0 Å². The minimum absolute atomic E-state index is 0.0564. The molecule has 6 nitrogen and oxygen atoms in total. The monoisotopic (exact) mass is 343 g/mol. The van der Waals surface area contributed by atoms with Crippen LogP contribution in [0.4, 0.5) is 5.69 Å². The number of nitro benzene ring substituents is 1. The molecule has 2 N–H and O–H groups in total. The van der Waals surface area contributed by atoms with Gasteiger partial charge in [-0.1, -0.05) is 23.7 Å². The fraction of sp³-hybridized carbons (Fsp3) is 0.118. The molecule has 1 heterocycles. The van der Waals surface area contributed by atoms with Crippen molar-refractivity contribution in [2.75, 3.05) is 0 Å².